The van der Waals surface area contributed by atoms with E-state index in [0.29, 0.717) is 17.6 Å². The molecule has 2 saturated carbocycles. The lowest BCUT2D eigenvalue weighted by molar-refractivity contribution is -0.127. The first-order valence-electron chi connectivity index (χ1n) is 10.7. The van der Waals surface area contributed by atoms with E-state index in [1.54, 1.807) is 0 Å². The van der Waals surface area contributed by atoms with Crippen molar-refractivity contribution in [1.29, 1.82) is 0 Å². The first-order valence-corrected chi connectivity index (χ1v) is 10.7. The molecule has 1 N–H and O–H groups in total. The van der Waals surface area contributed by atoms with E-state index in [-0.39, 0.29) is 11.3 Å². The molecular weight excluding hydrogens is 322 g/mol. The van der Waals surface area contributed by atoms with Crippen molar-refractivity contribution in [3.63, 3.8) is 0 Å². The maximum absolute atomic E-state index is 12.8. The molecule has 1 aromatic carbocycles. The van der Waals surface area contributed by atoms with Crippen LogP contribution in [0.15, 0.2) is 18.2 Å². The van der Waals surface area contributed by atoms with Gasteiger partial charge in [0.2, 0.25) is 0 Å². The second kappa shape index (κ2) is 6.37. The molecule has 1 spiro atoms. The number of rotatable bonds is 2. The lowest BCUT2D eigenvalue weighted by atomic mass is 9.62. The van der Waals surface area contributed by atoms with Gasteiger partial charge in [-0.3, -0.25) is 9.69 Å². The van der Waals surface area contributed by atoms with Crippen LogP contribution in [0.3, 0.4) is 0 Å². The summed E-state index contributed by atoms with van der Waals surface area (Å²) >= 11 is 0. The Balaban J connectivity index is 1.50. The van der Waals surface area contributed by atoms with Crippen molar-refractivity contribution < 1.29 is 9.90 Å². The van der Waals surface area contributed by atoms with Gasteiger partial charge in [-0.15, -0.1) is 0 Å². The molecule has 2 aliphatic heterocycles. The van der Waals surface area contributed by atoms with E-state index in [1.807, 2.05) is 12.1 Å². The van der Waals surface area contributed by atoms with Crippen LogP contribution >= 0.6 is 0 Å². The van der Waals surface area contributed by atoms with Gasteiger partial charge < -0.3 is 5.11 Å². The van der Waals surface area contributed by atoms with Crippen molar-refractivity contribution in [3.8, 4) is 5.75 Å². The van der Waals surface area contributed by atoms with Crippen LogP contribution in [0.4, 0.5) is 0 Å². The van der Waals surface area contributed by atoms with E-state index in [0.717, 1.165) is 44.4 Å². The van der Waals surface area contributed by atoms with Crippen molar-refractivity contribution in [2.45, 2.75) is 70.3 Å². The minimum absolute atomic E-state index is 0.209. The molecule has 0 radical (unpaired) electrons. The van der Waals surface area contributed by atoms with E-state index in [2.05, 4.69) is 11.0 Å². The molecule has 6 rings (SSSR count). The van der Waals surface area contributed by atoms with Crippen LogP contribution in [0.2, 0.25) is 0 Å². The zero-order valence-corrected chi connectivity index (χ0v) is 15.8. The molecule has 0 amide bonds. The molecule has 3 heteroatoms. The number of hydrogen-bond acceptors (Lipinski definition) is 3. The number of nitrogens with zero attached hydrogens (tertiary/aromatic N) is 1. The van der Waals surface area contributed by atoms with Crippen LogP contribution < -0.4 is 0 Å². The van der Waals surface area contributed by atoms with E-state index >= 15 is 0 Å². The summed E-state index contributed by atoms with van der Waals surface area (Å²) in [5.74, 6) is 2.10. The summed E-state index contributed by atoms with van der Waals surface area (Å²) in [7, 11) is 0. The summed E-state index contributed by atoms with van der Waals surface area (Å²) in [6, 6.07) is 6.55. The Morgan fingerprint density at radius 2 is 1.92 bits per heavy atom. The second-order valence-electron chi connectivity index (χ2n) is 9.52. The number of carbonyl (C=O) groups is 1. The molecular formula is C23H31NO2. The fourth-order valence-electron chi connectivity index (χ4n) is 6.21. The summed E-state index contributed by atoms with van der Waals surface area (Å²) < 4.78 is 0. The van der Waals surface area contributed by atoms with Crippen molar-refractivity contribution in [2.24, 2.45) is 17.3 Å². The van der Waals surface area contributed by atoms with Crippen LogP contribution in [0.5, 0.6) is 5.75 Å². The SMILES string of the molecule is O=C1CCCCN(CC2CC2)C2CCC1CC21Cc2ccc(O)cc2C1. The monoisotopic (exact) mass is 353 g/mol. The number of Topliss-reactive ketones (excluding diaryl/α,β-unsaturated/α-hetero) is 1. The summed E-state index contributed by atoms with van der Waals surface area (Å²) in [6.07, 6.45) is 11.3. The van der Waals surface area contributed by atoms with Gasteiger partial charge in [0.15, 0.2) is 0 Å². The fraction of sp³-hybridized carbons (Fsp3) is 0.696. The molecule has 3 aliphatic carbocycles. The lowest BCUT2D eigenvalue weighted by Crippen LogP contribution is -2.54. The topological polar surface area (TPSA) is 40.5 Å². The maximum Gasteiger partial charge on any atom is 0.135 e. The highest BCUT2D eigenvalue weighted by Crippen LogP contribution is 2.52. The van der Waals surface area contributed by atoms with Gasteiger partial charge in [-0.1, -0.05) is 6.07 Å². The van der Waals surface area contributed by atoms with Crippen LogP contribution in [0.25, 0.3) is 0 Å². The van der Waals surface area contributed by atoms with Gasteiger partial charge in [0, 0.05) is 24.9 Å². The second-order valence-corrected chi connectivity index (χ2v) is 9.52. The number of benzene rings is 1. The quantitative estimate of drug-likeness (QED) is 0.870. The van der Waals surface area contributed by atoms with Crippen LogP contribution in [0, 0.1) is 17.3 Å². The van der Waals surface area contributed by atoms with Gasteiger partial charge in [-0.25, -0.2) is 0 Å². The summed E-state index contributed by atoms with van der Waals surface area (Å²) in [5.41, 5.74) is 2.94. The predicted octanol–water partition coefficient (Wildman–Crippen LogP) is 4.11. The molecule has 2 saturated heterocycles. The average molecular weight is 354 g/mol. The third kappa shape index (κ3) is 2.98. The van der Waals surface area contributed by atoms with E-state index in [1.165, 1.54) is 49.9 Å². The molecule has 140 valence electrons. The molecule has 2 heterocycles. The molecule has 26 heavy (non-hydrogen) atoms. The highest BCUT2D eigenvalue weighted by molar-refractivity contribution is 5.81. The lowest BCUT2D eigenvalue weighted by Gasteiger charge is -2.50. The van der Waals surface area contributed by atoms with Gasteiger partial charge in [0.1, 0.15) is 11.5 Å². The van der Waals surface area contributed by atoms with Crippen molar-refractivity contribution in [2.75, 3.05) is 13.1 Å². The van der Waals surface area contributed by atoms with Gasteiger partial charge >= 0.3 is 0 Å². The Kier molecular flexibility index (Phi) is 4.11. The Labute approximate surface area is 156 Å². The largest absolute Gasteiger partial charge is 0.508 e. The van der Waals surface area contributed by atoms with Gasteiger partial charge in [-0.2, -0.15) is 0 Å². The maximum atomic E-state index is 12.8. The summed E-state index contributed by atoms with van der Waals surface area (Å²) in [5, 5.41) is 9.95. The molecule has 2 bridgehead atoms. The number of phenols is 1. The molecule has 5 aliphatic rings. The number of fused-ring (bicyclic) bond motifs is 7. The molecule has 0 aromatic heterocycles. The molecule has 3 atom stereocenters. The van der Waals surface area contributed by atoms with Crippen molar-refractivity contribution in [3.05, 3.63) is 29.3 Å². The minimum Gasteiger partial charge on any atom is -0.508 e. The first-order chi connectivity index (χ1) is 12.6. The smallest absolute Gasteiger partial charge is 0.135 e. The summed E-state index contributed by atoms with van der Waals surface area (Å²) in [4.78, 5) is 15.6. The predicted molar refractivity (Wildman–Crippen MR) is 102 cm³/mol. The zero-order chi connectivity index (χ0) is 17.7. The van der Waals surface area contributed by atoms with Gasteiger partial charge in [0.05, 0.1) is 0 Å². The third-order valence-corrected chi connectivity index (χ3v) is 7.63. The number of carbonyl (C=O) groups excluding carboxylic acids is 1. The fourth-order valence-corrected chi connectivity index (χ4v) is 6.21. The Bertz CT molecular complexity index is 710. The average Bonchev–Trinajstić information content (AvgIpc) is 3.37. The third-order valence-electron chi connectivity index (χ3n) is 7.63. The van der Waals surface area contributed by atoms with Crippen LogP contribution in [-0.4, -0.2) is 34.9 Å². The standard InChI is InChI=1S/C23H31NO2/c25-20-8-6-17-12-23(14-19(17)11-20)13-18-7-9-22(23)24(15-16-4-5-16)10-2-1-3-21(18)26/h6,8,11,16,18,22,25H,1-5,7,9-10,12-15H2. The van der Waals surface area contributed by atoms with E-state index in [9.17, 15) is 9.90 Å². The zero-order valence-electron chi connectivity index (χ0n) is 15.8. The first kappa shape index (κ1) is 16.8. The number of aromatic hydroxyl groups is 1. The molecule has 1 aromatic rings. The molecule has 4 fully saturated rings. The van der Waals surface area contributed by atoms with E-state index < -0.39 is 0 Å². The minimum atomic E-state index is 0.209. The normalized spacial score (nSPS) is 35.0. The van der Waals surface area contributed by atoms with Crippen LogP contribution in [-0.2, 0) is 17.6 Å². The highest BCUT2D eigenvalue weighted by atomic mass is 16.3. The van der Waals surface area contributed by atoms with Crippen LogP contribution in [0.1, 0.15) is 62.5 Å². The van der Waals surface area contributed by atoms with E-state index in [4.69, 9.17) is 0 Å². The van der Waals surface area contributed by atoms with Gasteiger partial charge in [0.25, 0.3) is 0 Å². The Morgan fingerprint density at radius 1 is 1.08 bits per heavy atom. The number of phenolic OH excluding ortho intramolecular Hbond substituents is 1. The molecule has 3 unspecified atom stereocenters. The Morgan fingerprint density at radius 3 is 2.77 bits per heavy atom. The van der Waals surface area contributed by atoms with Gasteiger partial charge in [-0.05, 0) is 98.9 Å². The summed E-state index contributed by atoms with van der Waals surface area (Å²) in [6.45, 7) is 2.44. The van der Waals surface area contributed by atoms with Crippen molar-refractivity contribution in [1.82, 2.24) is 4.90 Å². The number of ketones is 1. The van der Waals surface area contributed by atoms with Crippen molar-refractivity contribution >= 4 is 5.78 Å². The highest BCUT2D eigenvalue weighted by Gasteiger charge is 2.51. The Hall–Kier alpha value is -1.35. The molecule has 3 nitrogen and oxygen atoms in total. The number of hydrogen-bond donors (Lipinski definition) is 1.